The first-order chi connectivity index (χ1) is 11.9. The average Bonchev–Trinajstić information content (AvgIpc) is 3.13. The molecule has 1 aliphatic carbocycles. The van der Waals surface area contributed by atoms with Gasteiger partial charge in [0.05, 0.1) is 6.10 Å². The molecule has 4 rings (SSSR count). The van der Waals surface area contributed by atoms with Crippen LogP contribution in [0.2, 0.25) is 0 Å². The summed E-state index contributed by atoms with van der Waals surface area (Å²) in [6.07, 6.45) is 3.43. The predicted octanol–water partition coefficient (Wildman–Crippen LogP) is 2.83. The summed E-state index contributed by atoms with van der Waals surface area (Å²) < 4.78 is 27.3. The number of pyridine rings is 1. The summed E-state index contributed by atoms with van der Waals surface area (Å²) in [4.78, 5) is 8.65. The van der Waals surface area contributed by atoms with Crippen molar-refractivity contribution in [2.75, 3.05) is 6.54 Å². The lowest BCUT2D eigenvalue weighted by Crippen LogP contribution is -2.30. The molecule has 1 saturated carbocycles. The number of aromatic amines is 1. The van der Waals surface area contributed by atoms with Crippen LogP contribution in [-0.4, -0.2) is 36.1 Å². The van der Waals surface area contributed by atoms with E-state index in [9.17, 15) is 13.5 Å². The van der Waals surface area contributed by atoms with E-state index in [0.29, 0.717) is 5.92 Å². The molecule has 0 radical (unpaired) electrons. The SMILES string of the molecule is C[C@H](O)CNS(=O)(=O)c1ccc(-c2ccnc3[nH]c(C4CC4)cc23)s1. The highest BCUT2D eigenvalue weighted by molar-refractivity contribution is 7.91. The van der Waals surface area contributed by atoms with Crippen molar-refractivity contribution in [3.8, 4) is 10.4 Å². The van der Waals surface area contributed by atoms with E-state index < -0.39 is 16.1 Å². The lowest BCUT2D eigenvalue weighted by Gasteiger charge is -2.06. The molecular formula is C17H19N3O3S2. The highest BCUT2D eigenvalue weighted by Gasteiger charge is 2.26. The van der Waals surface area contributed by atoms with Crippen molar-refractivity contribution < 1.29 is 13.5 Å². The molecule has 1 fully saturated rings. The summed E-state index contributed by atoms with van der Waals surface area (Å²) in [5.74, 6) is 0.603. The molecule has 3 N–H and O–H groups in total. The molecule has 0 bridgehead atoms. The zero-order valence-electron chi connectivity index (χ0n) is 13.7. The third-order valence-corrected chi connectivity index (χ3v) is 7.28. The maximum Gasteiger partial charge on any atom is 0.250 e. The molecule has 0 spiro atoms. The molecule has 0 aliphatic heterocycles. The van der Waals surface area contributed by atoms with Gasteiger partial charge in [0.2, 0.25) is 10.0 Å². The maximum atomic E-state index is 12.3. The van der Waals surface area contributed by atoms with E-state index in [1.165, 1.54) is 29.9 Å². The fourth-order valence-corrected chi connectivity index (χ4v) is 5.30. The largest absolute Gasteiger partial charge is 0.392 e. The van der Waals surface area contributed by atoms with Crippen LogP contribution in [-0.2, 0) is 10.0 Å². The number of sulfonamides is 1. The number of aliphatic hydroxyl groups excluding tert-OH is 1. The number of nitrogens with one attached hydrogen (secondary N) is 2. The first kappa shape index (κ1) is 16.7. The van der Waals surface area contributed by atoms with Gasteiger partial charge in [-0.25, -0.2) is 18.1 Å². The van der Waals surface area contributed by atoms with Gasteiger partial charge < -0.3 is 10.1 Å². The second-order valence-corrected chi connectivity index (χ2v) is 9.52. The van der Waals surface area contributed by atoms with Crippen LogP contribution < -0.4 is 4.72 Å². The number of H-pyrrole nitrogens is 1. The Bertz CT molecular complexity index is 1020. The van der Waals surface area contributed by atoms with Crippen molar-refractivity contribution in [3.63, 3.8) is 0 Å². The molecule has 132 valence electrons. The summed E-state index contributed by atoms with van der Waals surface area (Å²) in [6, 6.07) is 7.47. The summed E-state index contributed by atoms with van der Waals surface area (Å²) in [5, 5.41) is 10.3. The normalized spacial score (nSPS) is 16.4. The molecule has 1 aliphatic rings. The molecule has 3 heterocycles. The molecule has 0 unspecified atom stereocenters. The van der Waals surface area contributed by atoms with Gasteiger partial charge in [-0.2, -0.15) is 0 Å². The van der Waals surface area contributed by atoms with Gasteiger partial charge in [-0.1, -0.05) is 0 Å². The number of aromatic nitrogens is 2. The minimum atomic E-state index is -3.61. The van der Waals surface area contributed by atoms with Crippen LogP contribution in [0.3, 0.4) is 0 Å². The van der Waals surface area contributed by atoms with E-state index in [1.54, 1.807) is 19.2 Å². The summed E-state index contributed by atoms with van der Waals surface area (Å²) in [5.41, 5.74) is 3.03. The number of rotatable bonds is 6. The van der Waals surface area contributed by atoms with Crippen molar-refractivity contribution in [3.05, 3.63) is 36.2 Å². The zero-order valence-corrected chi connectivity index (χ0v) is 15.3. The Morgan fingerprint density at radius 3 is 2.92 bits per heavy atom. The highest BCUT2D eigenvalue weighted by atomic mass is 32.2. The van der Waals surface area contributed by atoms with Gasteiger partial charge in [-0.15, -0.1) is 11.3 Å². The average molecular weight is 377 g/mol. The molecule has 0 aromatic carbocycles. The number of hydrogen-bond acceptors (Lipinski definition) is 5. The van der Waals surface area contributed by atoms with Gasteiger partial charge in [-0.3, -0.25) is 0 Å². The topological polar surface area (TPSA) is 95.1 Å². The van der Waals surface area contributed by atoms with Crippen LogP contribution >= 0.6 is 11.3 Å². The van der Waals surface area contributed by atoms with Crippen LogP contribution in [0.4, 0.5) is 0 Å². The fraction of sp³-hybridized carbons (Fsp3) is 0.353. The Hall–Kier alpha value is -1.74. The van der Waals surface area contributed by atoms with Crippen molar-refractivity contribution in [2.24, 2.45) is 0 Å². The van der Waals surface area contributed by atoms with Crippen LogP contribution in [0.5, 0.6) is 0 Å². The van der Waals surface area contributed by atoms with Gasteiger partial charge in [0, 0.05) is 34.3 Å². The van der Waals surface area contributed by atoms with E-state index in [1.807, 2.05) is 12.1 Å². The second kappa shape index (κ2) is 6.21. The van der Waals surface area contributed by atoms with Crippen LogP contribution in [0, 0.1) is 0 Å². The van der Waals surface area contributed by atoms with Crippen LogP contribution in [0.25, 0.3) is 21.5 Å². The predicted molar refractivity (Wildman–Crippen MR) is 98.3 cm³/mol. The Labute approximate surface area is 150 Å². The van der Waals surface area contributed by atoms with Gasteiger partial charge in [0.1, 0.15) is 9.86 Å². The first-order valence-electron chi connectivity index (χ1n) is 8.19. The zero-order chi connectivity index (χ0) is 17.6. The van der Waals surface area contributed by atoms with Crippen molar-refractivity contribution in [1.82, 2.24) is 14.7 Å². The maximum absolute atomic E-state index is 12.3. The molecule has 8 heteroatoms. The number of fused-ring (bicyclic) bond motifs is 1. The van der Waals surface area contributed by atoms with Crippen molar-refractivity contribution in [1.29, 1.82) is 0 Å². The van der Waals surface area contributed by atoms with E-state index >= 15 is 0 Å². The van der Waals surface area contributed by atoms with Crippen molar-refractivity contribution in [2.45, 2.75) is 36.0 Å². The van der Waals surface area contributed by atoms with Crippen molar-refractivity contribution >= 4 is 32.4 Å². The molecular weight excluding hydrogens is 358 g/mol. The Morgan fingerprint density at radius 2 is 2.20 bits per heavy atom. The Kier molecular flexibility index (Phi) is 4.15. The quantitative estimate of drug-likeness (QED) is 0.615. The van der Waals surface area contributed by atoms with Gasteiger partial charge in [-0.05, 0) is 49.9 Å². The van der Waals surface area contributed by atoms with Crippen LogP contribution in [0.15, 0.2) is 34.7 Å². The van der Waals surface area contributed by atoms with E-state index in [4.69, 9.17) is 0 Å². The molecule has 0 amide bonds. The fourth-order valence-electron chi connectivity index (χ4n) is 2.79. The summed E-state index contributed by atoms with van der Waals surface area (Å²) >= 11 is 1.22. The number of hydrogen-bond donors (Lipinski definition) is 3. The third kappa shape index (κ3) is 3.35. The first-order valence-corrected chi connectivity index (χ1v) is 10.5. The highest BCUT2D eigenvalue weighted by Crippen LogP contribution is 2.42. The minimum Gasteiger partial charge on any atom is -0.392 e. The van der Waals surface area contributed by atoms with Crippen LogP contribution in [0.1, 0.15) is 31.4 Å². The van der Waals surface area contributed by atoms with E-state index in [2.05, 4.69) is 20.8 Å². The van der Waals surface area contributed by atoms with Gasteiger partial charge in [0.25, 0.3) is 0 Å². The van der Waals surface area contributed by atoms with E-state index in [0.717, 1.165) is 21.5 Å². The van der Waals surface area contributed by atoms with Gasteiger partial charge >= 0.3 is 0 Å². The minimum absolute atomic E-state index is 0.00235. The molecule has 3 aromatic rings. The monoisotopic (exact) mass is 377 g/mol. The summed E-state index contributed by atoms with van der Waals surface area (Å²) in [7, 11) is -3.61. The second-order valence-electron chi connectivity index (χ2n) is 6.44. The third-order valence-electron chi connectivity index (χ3n) is 4.25. The van der Waals surface area contributed by atoms with Gasteiger partial charge in [0.15, 0.2) is 0 Å². The summed E-state index contributed by atoms with van der Waals surface area (Å²) in [6.45, 7) is 1.54. The van der Waals surface area contributed by atoms with E-state index in [-0.39, 0.29) is 10.8 Å². The molecule has 3 aromatic heterocycles. The molecule has 25 heavy (non-hydrogen) atoms. The standard InChI is InChI=1S/C17H19N3O3S2/c1-10(21)9-19-25(22,23)16-5-4-15(24-16)12-6-7-18-17-13(12)8-14(20-17)11-2-3-11/h4-8,10-11,19,21H,2-3,9H2,1H3,(H,18,20)/t10-/m0/s1. The lowest BCUT2D eigenvalue weighted by atomic mass is 10.1. The number of nitrogens with zero attached hydrogens (tertiary/aromatic N) is 1. The smallest absolute Gasteiger partial charge is 0.250 e. The Morgan fingerprint density at radius 1 is 1.40 bits per heavy atom. The molecule has 6 nitrogen and oxygen atoms in total. The number of thiophene rings is 1. The number of aliphatic hydroxyl groups is 1. The molecule has 0 saturated heterocycles. The Balaban J connectivity index is 1.69. The lowest BCUT2D eigenvalue weighted by molar-refractivity contribution is 0.198. The molecule has 1 atom stereocenters.